The molecule has 10 heteroatoms. The lowest BCUT2D eigenvalue weighted by atomic mass is 10.3. The Morgan fingerprint density at radius 3 is 2.61 bits per heavy atom. The van der Waals surface area contributed by atoms with Crippen LogP contribution in [0.5, 0.6) is 5.75 Å². The Morgan fingerprint density at radius 1 is 1.07 bits per heavy atom. The summed E-state index contributed by atoms with van der Waals surface area (Å²) in [4.78, 5) is 23.7. The maximum atomic E-state index is 11.7. The highest BCUT2D eigenvalue weighted by Crippen LogP contribution is 2.35. The minimum absolute atomic E-state index is 0.0597. The smallest absolute Gasteiger partial charge is 0.353 e. The van der Waals surface area contributed by atoms with Crippen LogP contribution in [-0.4, -0.2) is 27.0 Å². The third kappa shape index (κ3) is 3.53. The van der Waals surface area contributed by atoms with Crippen molar-refractivity contribution in [1.82, 2.24) is 15.0 Å². The molecule has 0 amide bonds. The molecule has 4 aromatic rings. The lowest BCUT2D eigenvalue weighted by Gasteiger charge is -2.09. The van der Waals surface area contributed by atoms with Gasteiger partial charge in [-0.15, -0.1) is 0 Å². The van der Waals surface area contributed by atoms with Crippen LogP contribution in [0.15, 0.2) is 54.9 Å². The maximum absolute atomic E-state index is 11.7. The average Bonchev–Trinajstić information content (AvgIpc) is 3.10. The standard InChI is InChI=1S/C18H14N6O3S/c1-27-12-6-4-5-11(9-12)21-16-15(24(25)26)17(20-10-19-16)23-18-22-13-7-2-3-8-14(13)28-18/h2-10H,1H3,(H2,19,20,21,22,23). The molecule has 0 aliphatic rings. The van der Waals surface area contributed by atoms with Gasteiger partial charge in [0.05, 0.1) is 22.2 Å². The zero-order chi connectivity index (χ0) is 19.5. The van der Waals surface area contributed by atoms with Gasteiger partial charge in [0.15, 0.2) is 5.13 Å². The molecule has 4 rings (SSSR count). The van der Waals surface area contributed by atoms with E-state index in [2.05, 4.69) is 25.6 Å². The number of thiazole rings is 1. The Kier molecular flexibility index (Phi) is 4.68. The Balaban J connectivity index is 1.69. The Labute approximate surface area is 163 Å². The van der Waals surface area contributed by atoms with Gasteiger partial charge in [-0.1, -0.05) is 29.5 Å². The van der Waals surface area contributed by atoms with Crippen LogP contribution in [0.1, 0.15) is 0 Å². The fourth-order valence-electron chi connectivity index (χ4n) is 2.60. The number of nitro groups is 1. The fourth-order valence-corrected chi connectivity index (χ4v) is 3.46. The average molecular weight is 394 g/mol. The van der Waals surface area contributed by atoms with E-state index in [1.807, 2.05) is 24.3 Å². The number of methoxy groups -OCH3 is 1. The number of ether oxygens (including phenoxy) is 1. The lowest BCUT2D eigenvalue weighted by molar-refractivity contribution is -0.383. The summed E-state index contributed by atoms with van der Waals surface area (Å²) < 4.78 is 6.14. The van der Waals surface area contributed by atoms with E-state index in [4.69, 9.17) is 4.74 Å². The molecule has 0 spiro atoms. The molecule has 2 aromatic carbocycles. The van der Waals surface area contributed by atoms with Gasteiger partial charge in [0.2, 0.25) is 11.6 Å². The van der Waals surface area contributed by atoms with Crippen molar-refractivity contribution in [2.45, 2.75) is 0 Å². The van der Waals surface area contributed by atoms with Gasteiger partial charge in [0.25, 0.3) is 0 Å². The molecule has 2 aromatic heterocycles. The highest BCUT2D eigenvalue weighted by atomic mass is 32.1. The van der Waals surface area contributed by atoms with Gasteiger partial charge in [0, 0.05) is 11.8 Å². The Bertz CT molecular complexity index is 1130. The van der Waals surface area contributed by atoms with Crippen molar-refractivity contribution in [2.24, 2.45) is 0 Å². The molecule has 0 radical (unpaired) electrons. The van der Waals surface area contributed by atoms with Gasteiger partial charge in [-0.2, -0.15) is 0 Å². The van der Waals surface area contributed by atoms with Crippen LogP contribution >= 0.6 is 11.3 Å². The molecule has 0 saturated carbocycles. The second-order valence-electron chi connectivity index (χ2n) is 5.65. The molecule has 0 bridgehead atoms. The number of rotatable bonds is 6. The molecule has 9 nitrogen and oxygen atoms in total. The van der Waals surface area contributed by atoms with Crippen molar-refractivity contribution in [3.05, 3.63) is 65.0 Å². The summed E-state index contributed by atoms with van der Waals surface area (Å²) >= 11 is 1.39. The first kappa shape index (κ1) is 17.6. The van der Waals surface area contributed by atoms with Crippen molar-refractivity contribution < 1.29 is 9.66 Å². The van der Waals surface area contributed by atoms with Crippen molar-refractivity contribution in [2.75, 3.05) is 17.7 Å². The first-order valence-corrected chi connectivity index (χ1v) is 8.99. The predicted octanol–water partition coefficient (Wildman–Crippen LogP) is 4.49. The topological polar surface area (TPSA) is 115 Å². The van der Waals surface area contributed by atoms with Crippen LogP contribution in [0.4, 0.5) is 28.1 Å². The monoisotopic (exact) mass is 394 g/mol. The molecule has 0 saturated heterocycles. The maximum Gasteiger partial charge on any atom is 0.353 e. The minimum atomic E-state index is -0.530. The van der Waals surface area contributed by atoms with Gasteiger partial charge in [0.1, 0.15) is 12.1 Å². The van der Waals surface area contributed by atoms with Crippen molar-refractivity contribution in [3.8, 4) is 5.75 Å². The lowest BCUT2D eigenvalue weighted by Crippen LogP contribution is -2.05. The second-order valence-corrected chi connectivity index (χ2v) is 6.68. The molecule has 0 aliphatic carbocycles. The van der Waals surface area contributed by atoms with E-state index in [0.717, 1.165) is 10.2 Å². The predicted molar refractivity (Wildman–Crippen MR) is 108 cm³/mol. The summed E-state index contributed by atoms with van der Waals surface area (Å²) in [5.41, 5.74) is 1.14. The summed E-state index contributed by atoms with van der Waals surface area (Å²) in [7, 11) is 1.55. The number of para-hydroxylation sites is 1. The number of benzene rings is 2. The van der Waals surface area contributed by atoms with E-state index >= 15 is 0 Å². The molecule has 0 unspecified atom stereocenters. The summed E-state index contributed by atoms with van der Waals surface area (Å²) in [6.07, 6.45) is 1.26. The molecule has 2 heterocycles. The van der Waals surface area contributed by atoms with E-state index < -0.39 is 4.92 Å². The normalized spacial score (nSPS) is 10.6. The third-order valence-corrected chi connectivity index (χ3v) is 4.81. The molecular formula is C18H14N6O3S. The second kappa shape index (κ2) is 7.45. The van der Waals surface area contributed by atoms with E-state index in [1.54, 1.807) is 31.4 Å². The van der Waals surface area contributed by atoms with E-state index in [1.165, 1.54) is 17.7 Å². The first-order chi connectivity index (χ1) is 13.6. The van der Waals surface area contributed by atoms with Gasteiger partial charge < -0.3 is 15.4 Å². The quantitative estimate of drug-likeness (QED) is 0.363. The molecule has 140 valence electrons. The van der Waals surface area contributed by atoms with E-state index in [9.17, 15) is 10.1 Å². The highest BCUT2D eigenvalue weighted by molar-refractivity contribution is 7.22. The summed E-state index contributed by atoms with van der Waals surface area (Å²) in [6.45, 7) is 0. The zero-order valence-electron chi connectivity index (χ0n) is 14.6. The number of nitrogens with one attached hydrogen (secondary N) is 2. The van der Waals surface area contributed by atoms with Crippen LogP contribution in [0, 0.1) is 10.1 Å². The molecule has 28 heavy (non-hydrogen) atoms. The van der Waals surface area contributed by atoms with Gasteiger partial charge in [-0.05, 0) is 24.3 Å². The molecule has 0 fully saturated rings. The summed E-state index contributed by atoms with van der Waals surface area (Å²) in [5, 5.41) is 18.1. The molecule has 0 atom stereocenters. The fraction of sp³-hybridized carbons (Fsp3) is 0.0556. The van der Waals surface area contributed by atoms with E-state index in [0.29, 0.717) is 16.6 Å². The first-order valence-electron chi connectivity index (χ1n) is 8.17. The van der Waals surface area contributed by atoms with Gasteiger partial charge in [-0.3, -0.25) is 10.1 Å². The van der Waals surface area contributed by atoms with Crippen LogP contribution in [0.2, 0.25) is 0 Å². The van der Waals surface area contributed by atoms with Crippen LogP contribution in [0.25, 0.3) is 10.2 Å². The number of anilines is 4. The van der Waals surface area contributed by atoms with Crippen molar-refractivity contribution in [1.29, 1.82) is 0 Å². The van der Waals surface area contributed by atoms with Crippen LogP contribution in [0.3, 0.4) is 0 Å². The summed E-state index contributed by atoms with van der Waals surface area (Å²) in [5.74, 6) is 0.746. The Hall–Kier alpha value is -3.79. The Morgan fingerprint density at radius 2 is 1.86 bits per heavy atom. The summed E-state index contributed by atoms with van der Waals surface area (Å²) in [6, 6.07) is 14.6. The van der Waals surface area contributed by atoms with Crippen LogP contribution in [-0.2, 0) is 0 Å². The molecule has 0 aliphatic heterocycles. The van der Waals surface area contributed by atoms with Gasteiger partial charge in [-0.25, -0.2) is 15.0 Å². The third-order valence-electron chi connectivity index (χ3n) is 3.86. The number of nitrogens with zero attached hydrogens (tertiary/aromatic N) is 4. The molecule has 2 N–H and O–H groups in total. The largest absolute Gasteiger partial charge is 0.497 e. The van der Waals surface area contributed by atoms with Crippen LogP contribution < -0.4 is 15.4 Å². The number of fused-ring (bicyclic) bond motifs is 1. The highest BCUT2D eigenvalue weighted by Gasteiger charge is 2.24. The molecular weight excluding hydrogens is 380 g/mol. The zero-order valence-corrected chi connectivity index (χ0v) is 15.4. The number of hydrogen-bond acceptors (Lipinski definition) is 9. The SMILES string of the molecule is COc1cccc(Nc2ncnc(Nc3nc4ccccc4s3)c2[N+](=O)[O-])c1. The number of hydrogen-bond donors (Lipinski definition) is 2. The van der Waals surface area contributed by atoms with Crippen molar-refractivity contribution >= 4 is 49.7 Å². The van der Waals surface area contributed by atoms with Gasteiger partial charge >= 0.3 is 5.69 Å². The number of aromatic nitrogens is 3. The van der Waals surface area contributed by atoms with Crippen molar-refractivity contribution in [3.63, 3.8) is 0 Å². The van der Waals surface area contributed by atoms with E-state index in [-0.39, 0.29) is 17.3 Å². The minimum Gasteiger partial charge on any atom is -0.497 e.